The van der Waals surface area contributed by atoms with Crippen LogP contribution < -0.4 is 25.6 Å². The number of hydrogen-bond acceptors (Lipinski definition) is 11. The topological polar surface area (TPSA) is 158 Å². The van der Waals surface area contributed by atoms with Crippen LogP contribution in [0.1, 0.15) is 60.0 Å². The fourth-order valence-electron chi connectivity index (χ4n) is 9.94. The van der Waals surface area contributed by atoms with Gasteiger partial charge in [-0.2, -0.15) is 0 Å². The van der Waals surface area contributed by atoms with Crippen molar-refractivity contribution in [2.75, 3.05) is 61.4 Å². The van der Waals surface area contributed by atoms with Crippen molar-refractivity contribution in [1.82, 2.24) is 25.1 Å². The number of pyridine rings is 2. The zero-order valence-electron chi connectivity index (χ0n) is 32.3. The minimum absolute atomic E-state index is 0.143. The average molecular weight is 789 g/mol. The van der Waals surface area contributed by atoms with Crippen molar-refractivity contribution in [3.8, 4) is 17.0 Å². The molecule has 5 aliphatic heterocycles. The van der Waals surface area contributed by atoms with Gasteiger partial charge in [0.2, 0.25) is 17.7 Å². The van der Waals surface area contributed by atoms with Gasteiger partial charge in [0, 0.05) is 90.8 Å². The normalized spacial score (nSPS) is 21.8. The van der Waals surface area contributed by atoms with Gasteiger partial charge in [-0.1, -0.05) is 6.07 Å². The number of ether oxygens (including phenoxy) is 2. The van der Waals surface area contributed by atoms with Gasteiger partial charge in [-0.25, -0.2) is 19.2 Å². The van der Waals surface area contributed by atoms with Gasteiger partial charge < -0.3 is 29.5 Å². The zero-order valence-corrected chi connectivity index (χ0v) is 32.3. The average Bonchev–Trinajstić information content (AvgIpc) is 3.52. The number of piperidine rings is 2. The molecule has 1 spiro atoms. The van der Waals surface area contributed by atoms with E-state index in [0.717, 1.165) is 86.3 Å². The predicted octanol–water partition coefficient (Wildman–Crippen LogP) is 5.24. The summed E-state index contributed by atoms with van der Waals surface area (Å²) in [5.41, 5.74) is 5.56. The maximum atomic E-state index is 15.3. The second-order valence-corrected chi connectivity index (χ2v) is 16.8. The lowest BCUT2D eigenvalue weighted by Gasteiger charge is -2.52. The van der Waals surface area contributed by atoms with Crippen LogP contribution in [0.5, 0.6) is 5.88 Å². The summed E-state index contributed by atoms with van der Waals surface area (Å²) in [6, 6.07) is 10.1. The third-order valence-electron chi connectivity index (χ3n) is 13.2. The Morgan fingerprint density at radius 1 is 1.03 bits per heavy atom. The molecule has 1 atom stereocenters. The van der Waals surface area contributed by atoms with Crippen LogP contribution in [0.3, 0.4) is 0 Å². The molecule has 14 nitrogen and oxygen atoms in total. The van der Waals surface area contributed by atoms with E-state index in [1.807, 2.05) is 19.1 Å². The molecule has 1 saturated carbocycles. The molecule has 6 aliphatic rings. The van der Waals surface area contributed by atoms with Crippen molar-refractivity contribution in [3.05, 3.63) is 71.3 Å². The summed E-state index contributed by atoms with van der Waals surface area (Å²) in [5, 5.41) is 9.80. The molecule has 2 aromatic heterocycles. The van der Waals surface area contributed by atoms with Gasteiger partial charge in [-0.3, -0.25) is 25.0 Å². The number of imide groups is 1. The monoisotopic (exact) mass is 788 g/mol. The van der Waals surface area contributed by atoms with Crippen LogP contribution in [-0.4, -0.2) is 102 Å². The van der Waals surface area contributed by atoms with Crippen LogP contribution >= 0.6 is 0 Å². The Bertz CT molecular complexity index is 2370. The minimum atomic E-state index is -0.619. The zero-order chi connectivity index (χ0) is 39.7. The molecular formula is C43H45FN8O6. The molecule has 3 saturated heterocycles. The molecule has 3 N–H and O–H groups in total. The molecule has 4 aromatic rings. The van der Waals surface area contributed by atoms with E-state index in [9.17, 15) is 19.2 Å². The lowest BCUT2D eigenvalue weighted by atomic mass is 9.61. The third kappa shape index (κ3) is 6.54. The Morgan fingerprint density at radius 2 is 1.86 bits per heavy atom. The number of likely N-dealkylation sites (tertiary alicyclic amines) is 1. The number of anilines is 3. The van der Waals surface area contributed by atoms with Crippen molar-refractivity contribution >= 4 is 51.8 Å². The molecule has 1 unspecified atom stereocenters. The fraction of sp³-hybridized carbons (Fsp3) is 0.442. The lowest BCUT2D eigenvalue weighted by molar-refractivity contribution is -0.136. The van der Waals surface area contributed by atoms with E-state index in [1.54, 1.807) is 29.4 Å². The highest BCUT2D eigenvalue weighted by Gasteiger charge is 2.48. The molecule has 58 heavy (non-hydrogen) atoms. The molecular weight excluding hydrogens is 744 g/mol. The lowest BCUT2D eigenvalue weighted by Crippen LogP contribution is -2.55. The second kappa shape index (κ2) is 14.2. The highest BCUT2D eigenvalue weighted by molar-refractivity contribution is 6.06. The minimum Gasteiger partial charge on any atom is -0.474 e. The van der Waals surface area contributed by atoms with Gasteiger partial charge >= 0.3 is 6.09 Å². The van der Waals surface area contributed by atoms with Crippen molar-refractivity contribution in [3.63, 3.8) is 0 Å². The quantitative estimate of drug-likeness (QED) is 0.211. The molecule has 2 aromatic carbocycles. The van der Waals surface area contributed by atoms with Crippen molar-refractivity contribution in [2.24, 2.45) is 11.3 Å². The van der Waals surface area contributed by atoms with Crippen LogP contribution in [0, 0.1) is 24.1 Å². The molecule has 300 valence electrons. The molecule has 10 rings (SSSR count). The van der Waals surface area contributed by atoms with Gasteiger partial charge in [0.1, 0.15) is 36.1 Å². The maximum absolute atomic E-state index is 15.3. The van der Waals surface area contributed by atoms with E-state index in [2.05, 4.69) is 41.8 Å². The van der Waals surface area contributed by atoms with Crippen molar-refractivity contribution < 1.29 is 33.0 Å². The Hall–Kier alpha value is -5.83. The van der Waals surface area contributed by atoms with E-state index in [1.165, 1.54) is 6.07 Å². The summed E-state index contributed by atoms with van der Waals surface area (Å²) in [7, 11) is 0. The van der Waals surface area contributed by atoms with E-state index in [-0.39, 0.29) is 35.6 Å². The number of halogens is 1. The number of hydrogen-bond donors (Lipinski definition) is 3. The summed E-state index contributed by atoms with van der Waals surface area (Å²) in [6.07, 6.45) is 6.93. The first kappa shape index (κ1) is 36.5. The molecule has 0 bridgehead atoms. The highest BCUT2D eigenvalue weighted by Crippen LogP contribution is 2.50. The summed E-state index contributed by atoms with van der Waals surface area (Å²) in [4.78, 5) is 65.7. The van der Waals surface area contributed by atoms with Crippen LogP contribution in [0.2, 0.25) is 0 Å². The first-order valence-corrected chi connectivity index (χ1v) is 20.3. The first-order valence-electron chi connectivity index (χ1n) is 20.3. The largest absolute Gasteiger partial charge is 0.474 e. The molecule has 15 heteroatoms. The van der Waals surface area contributed by atoms with E-state index >= 15 is 4.39 Å². The predicted molar refractivity (Wildman–Crippen MR) is 213 cm³/mol. The summed E-state index contributed by atoms with van der Waals surface area (Å²) in [5.74, 6) is 0.169. The molecule has 0 radical (unpaired) electrons. The number of carbonyl (C=O) groups excluding carboxylic acids is 4. The molecule has 7 heterocycles. The van der Waals surface area contributed by atoms with Crippen molar-refractivity contribution in [2.45, 2.75) is 64.1 Å². The summed E-state index contributed by atoms with van der Waals surface area (Å²) < 4.78 is 26.8. The number of nitrogens with zero attached hydrogens (tertiary/aromatic N) is 5. The highest BCUT2D eigenvalue weighted by atomic mass is 19.1. The Kier molecular flexibility index (Phi) is 8.95. The van der Waals surface area contributed by atoms with Crippen LogP contribution in [0.4, 0.5) is 26.4 Å². The van der Waals surface area contributed by atoms with Crippen LogP contribution in [-0.2, 0) is 20.9 Å². The summed E-state index contributed by atoms with van der Waals surface area (Å²) >= 11 is 0. The van der Waals surface area contributed by atoms with Gasteiger partial charge in [-0.05, 0) is 98.8 Å². The first-order chi connectivity index (χ1) is 28.1. The van der Waals surface area contributed by atoms with Crippen LogP contribution in [0.15, 0.2) is 48.8 Å². The summed E-state index contributed by atoms with van der Waals surface area (Å²) in [6.45, 7) is 8.36. The number of amides is 4. The smallest absolute Gasteiger partial charge is 0.413 e. The Balaban J connectivity index is 0.690. The number of fused-ring (bicyclic) bond motifs is 3. The number of benzene rings is 2. The van der Waals surface area contributed by atoms with Gasteiger partial charge in [0.05, 0.1) is 0 Å². The SMILES string of the molecule is Cc1c(-c2cc3cc(NC(=O)OC4CC5(CCN(CC6CN(c7cccc8c7CN(C7CCC(=O)NC7=O)C8=O)C6)CC5)C4)ncc3cc2F)cnc2c1NCCO2. The van der Waals surface area contributed by atoms with Gasteiger partial charge in [0.25, 0.3) is 5.91 Å². The second-order valence-electron chi connectivity index (χ2n) is 16.8. The standard InChI is InChI=1S/C43H45FN8O6/c1-24-31(19-47-40-38(24)45-9-12-57-40)30-13-26-15-36(46-18-27(26)14-33(30)44)48-42(56)58-28-16-43(17-28)7-10-50(11-8-43)20-25-21-51(22-25)34-4-2-3-29-32(34)23-52(41(29)55)35-5-6-37(53)49-39(35)54/h2-4,13-15,18-19,25,28,35,45H,5-12,16-17,20-23H2,1H3,(H,46,48,56)(H,49,53,54). The Morgan fingerprint density at radius 3 is 2.67 bits per heavy atom. The van der Waals surface area contributed by atoms with E-state index in [0.29, 0.717) is 65.8 Å². The van der Waals surface area contributed by atoms with Gasteiger partial charge in [0.15, 0.2) is 0 Å². The number of aromatic nitrogens is 2. The number of rotatable bonds is 7. The van der Waals surface area contributed by atoms with Gasteiger partial charge in [-0.15, -0.1) is 0 Å². The number of carbonyl (C=O) groups is 4. The van der Waals surface area contributed by atoms with Crippen LogP contribution in [0.25, 0.3) is 21.9 Å². The van der Waals surface area contributed by atoms with E-state index < -0.39 is 18.0 Å². The molecule has 4 fully saturated rings. The third-order valence-corrected chi connectivity index (χ3v) is 13.2. The van der Waals surface area contributed by atoms with Crippen molar-refractivity contribution in [1.29, 1.82) is 0 Å². The Labute approximate surface area is 334 Å². The maximum Gasteiger partial charge on any atom is 0.413 e. The molecule has 4 amide bonds. The number of nitrogens with one attached hydrogen (secondary N) is 3. The molecule has 1 aliphatic carbocycles. The fourth-order valence-corrected chi connectivity index (χ4v) is 9.94. The van der Waals surface area contributed by atoms with E-state index in [4.69, 9.17) is 9.47 Å².